The van der Waals surface area contributed by atoms with Crippen LogP contribution in [-0.4, -0.2) is 18.4 Å². The highest BCUT2D eigenvalue weighted by Gasteiger charge is 1.88. The van der Waals surface area contributed by atoms with Crippen molar-refractivity contribution in [2.75, 3.05) is 6.54 Å². The largest absolute Gasteiger partial charge is 0.370 e. The standard InChI is InChI=1S/C8H16N4O/c9-7(13)5-3-1-2-4-6-12-8(10)11/h1-2H,3-6H2,(H2,9,13)(H4,10,11,12)/b2-1+. The van der Waals surface area contributed by atoms with E-state index in [9.17, 15) is 4.79 Å². The SMILES string of the molecule is NC(=O)CC/C=C/CCN=C(N)N. The average Bonchev–Trinajstić information content (AvgIpc) is 2.01. The molecule has 0 atom stereocenters. The summed E-state index contributed by atoms with van der Waals surface area (Å²) in [6.45, 7) is 0.579. The van der Waals surface area contributed by atoms with Crippen LogP contribution in [0.1, 0.15) is 19.3 Å². The van der Waals surface area contributed by atoms with Crippen molar-refractivity contribution in [3.63, 3.8) is 0 Å². The van der Waals surface area contributed by atoms with Gasteiger partial charge in [0, 0.05) is 13.0 Å². The molecule has 0 radical (unpaired) electrons. The molecule has 0 bridgehead atoms. The summed E-state index contributed by atoms with van der Waals surface area (Å²) in [5, 5.41) is 0. The van der Waals surface area contributed by atoms with E-state index in [0.29, 0.717) is 19.4 Å². The van der Waals surface area contributed by atoms with Gasteiger partial charge in [0.15, 0.2) is 5.96 Å². The number of aliphatic imine (C=N–C) groups is 1. The third-order valence-electron chi connectivity index (χ3n) is 1.31. The zero-order chi connectivity index (χ0) is 10.1. The third-order valence-corrected chi connectivity index (χ3v) is 1.31. The Morgan fingerprint density at radius 2 is 1.77 bits per heavy atom. The van der Waals surface area contributed by atoms with Gasteiger partial charge in [-0.15, -0.1) is 0 Å². The van der Waals surface area contributed by atoms with Crippen molar-refractivity contribution in [1.82, 2.24) is 0 Å². The molecule has 0 saturated carbocycles. The highest BCUT2D eigenvalue weighted by molar-refractivity contribution is 5.75. The normalized spacial score (nSPS) is 10.2. The molecule has 0 aliphatic rings. The number of nitrogens with two attached hydrogens (primary N) is 3. The van der Waals surface area contributed by atoms with Crippen molar-refractivity contribution in [2.24, 2.45) is 22.2 Å². The fraction of sp³-hybridized carbons (Fsp3) is 0.500. The molecule has 0 spiro atoms. The highest BCUT2D eigenvalue weighted by Crippen LogP contribution is 1.91. The van der Waals surface area contributed by atoms with Gasteiger partial charge in [-0.25, -0.2) is 0 Å². The third kappa shape index (κ3) is 10.5. The first-order valence-corrected chi connectivity index (χ1v) is 4.11. The van der Waals surface area contributed by atoms with Gasteiger partial charge in [-0.1, -0.05) is 12.2 Å². The lowest BCUT2D eigenvalue weighted by molar-refractivity contribution is -0.117. The van der Waals surface area contributed by atoms with E-state index in [4.69, 9.17) is 17.2 Å². The van der Waals surface area contributed by atoms with Gasteiger partial charge in [-0.2, -0.15) is 0 Å². The summed E-state index contributed by atoms with van der Waals surface area (Å²) in [6, 6.07) is 0. The van der Waals surface area contributed by atoms with E-state index >= 15 is 0 Å². The quantitative estimate of drug-likeness (QED) is 0.223. The van der Waals surface area contributed by atoms with Crippen molar-refractivity contribution in [1.29, 1.82) is 0 Å². The molecule has 13 heavy (non-hydrogen) atoms. The number of nitrogens with zero attached hydrogens (tertiary/aromatic N) is 1. The average molecular weight is 184 g/mol. The minimum Gasteiger partial charge on any atom is -0.370 e. The van der Waals surface area contributed by atoms with Crippen LogP contribution >= 0.6 is 0 Å². The van der Waals surface area contributed by atoms with Crippen molar-refractivity contribution in [3.05, 3.63) is 12.2 Å². The molecular formula is C8H16N4O. The summed E-state index contributed by atoms with van der Waals surface area (Å²) in [4.78, 5) is 14.1. The molecule has 74 valence electrons. The number of hydrogen-bond acceptors (Lipinski definition) is 2. The fourth-order valence-corrected chi connectivity index (χ4v) is 0.729. The first kappa shape index (κ1) is 11.5. The van der Waals surface area contributed by atoms with E-state index in [-0.39, 0.29) is 11.9 Å². The highest BCUT2D eigenvalue weighted by atomic mass is 16.1. The molecule has 0 rings (SSSR count). The lowest BCUT2D eigenvalue weighted by Crippen LogP contribution is -2.22. The van der Waals surface area contributed by atoms with Crippen molar-refractivity contribution >= 4 is 11.9 Å². The molecule has 0 heterocycles. The predicted octanol–water partition coefficient (Wildman–Crippen LogP) is -0.528. The maximum absolute atomic E-state index is 10.3. The molecule has 0 fully saturated rings. The molecule has 0 aromatic carbocycles. The van der Waals surface area contributed by atoms with Gasteiger partial charge in [-0.3, -0.25) is 9.79 Å². The van der Waals surface area contributed by atoms with Gasteiger partial charge in [0.2, 0.25) is 5.91 Å². The van der Waals surface area contributed by atoms with Crippen LogP contribution in [0.4, 0.5) is 0 Å². The minimum atomic E-state index is -0.283. The number of hydrogen-bond donors (Lipinski definition) is 3. The summed E-state index contributed by atoms with van der Waals surface area (Å²) in [6.07, 6.45) is 5.66. The van der Waals surface area contributed by atoms with Gasteiger partial charge in [0.25, 0.3) is 0 Å². The van der Waals surface area contributed by atoms with Crippen molar-refractivity contribution in [3.8, 4) is 0 Å². The van der Waals surface area contributed by atoms with Crippen molar-refractivity contribution in [2.45, 2.75) is 19.3 Å². The van der Waals surface area contributed by atoms with Crippen LogP contribution in [-0.2, 0) is 4.79 Å². The van der Waals surface area contributed by atoms with Gasteiger partial charge >= 0.3 is 0 Å². The molecule has 0 aromatic heterocycles. The summed E-state index contributed by atoms with van der Waals surface area (Å²) in [5.41, 5.74) is 15.2. The molecule has 0 unspecified atom stereocenters. The van der Waals surface area contributed by atoms with Gasteiger partial charge < -0.3 is 17.2 Å². The molecule has 5 heteroatoms. The zero-order valence-electron chi connectivity index (χ0n) is 7.57. The number of carbonyl (C=O) groups is 1. The lowest BCUT2D eigenvalue weighted by Gasteiger charge is -1.90. The molecule has 5 nitrogen and oxygen atoms in total. The van der Waals surface area contributed by atoms with Crippen LogP contribution in [0, 0.1) is 0 Å². The number of amides is 1. The predicted molar refractivity (Wildman–Crippen MR) is 52.9 cm³/mol. The Bertz CT molecular complexity index is 206. The van der Waals surface area contributed by atoms with Crippen LogP contribution in [0.15, 0.2) is 17.1 Å². The number of allylic oxidation sites excluding steroid dienone is 1. The van der Waals surface area contributed by atoms with Crippen LogP contribution < -0.4 is 17.2 Å². The molecular weight excluding hydrogens is 168 g/mol. The minimum absolute atomic E-state index is 0.102. The number of carbonyl (C=O) groups excluding carboxylic acids is 1. The maximum Gasteiger partial charge on any atom is 0.217 e. The number of primary amides is 1. The Labute approximate surface area is 77.7 Å². The van der Waals surface area contributed by atoms with Crippen LogP contribution in [0.25, 0.3) is 0 Å². The van der Waals surface area contributed by atoms with E-state index in [2.05, 4.69) is 4.99 Å². The monoisotopic (exact) mass is 184 g/mol. The number of guanidine groups is 1. The molecule has 0 saturated heterocycles. The van der Waals surface area contributed by atoms with Crippen LogP contribution in [0.5, 0.6) is 0 Å². The van der Waals surface area contributed by atoms with E-state index in [1.807, 2.05) is 12.2 Å². The molecule has 6 N–H and O–H groups in total. The summed E-state index contributed by atoms with van der Waals surface area (Å²) < 4.78 is 0. The van der Waals surface area contributed by atoms with E-state index in [1.54, 1.807) is 0 Å². The Morgan fingerprint density at radius 3 is 2.31 bits per heavy atom. The van der Waals surface area contributed by atoms with Gasteiger partial charge in [-0.05, 0) is 12.8 Å². The summed E-state index contributed by atoms with van der Waals surface area (Å²) in [5.74, 6) is -0.181. The Kier molecular flexibility index (Phi) is 6.31. The zero-order valence-corrected chi connectivity index (χ0v) is 7.57. The van der Waals surface area contributed by atoms with E-state index in [0.717, 1.165) is 6.42 Å². The summed E-state index contributed by atoms with van der Waals surface area (Å²) in [7, 11) is 0. The second kappa shape index (κ2) is 7.15. The van der Waals surface area contributed by atoms with Crippen molar-refractivity contribution < 1.29 is 4.79 Å². The fourth-order valence-electron chi connectivity index (χ4n) is 0.729. The lowest BCUT2D eigenvalue weighted by atomic mass is 10.2. The maximum atomic E-state index is 10.3. The Hall–Kier alpha value is -1.52. The number of rotatable bonds is 6. The second-order valence-electron chi connectivity index (χ2n) is 2.57. The first-order chi connectivity index (χ1) is 6.13. The van der Waals surface area contributed by atoms with Crippen LogP contribution in [0.3, 0.4) is 0 Å². The summed E-state index contributed by atoms with van der Waals surface area (Å²) >= 11 is 0. The van der Waals surface area contributed by atoms with Gasteiger partial charge in [0.05, 0.1) is 0 Å². The first-order valence-electron chi connectivity index (χ1n) is 4.11. The molecule has 0 aliphatic heterocycles. The van der Waals surface area contributed by atoms with E-state index in [1.165, 1.54) is 0 Å². The molecule has 0 aliphatic carbocycles. The molecule has 1 amide bonds. The van der Waals surface area contributed by atoms with Gasteiger partial charge in [0.1, 0.15) is 0 Å². The van der Waals surface area contributed by atoms with Crippen LogP contribution in [0.2, 0.25) is 0 Å². The Balaban J connectivity index is 3.32. The smallest absolute Gasteiger partial charge is 0.217 e. The van der Waals surface area contributed by atoms with E-state index < -0.39 is 0 Å². The Morgan fingerprint density at radius 1 is 1.15 bits per heavy atom. The second-order valence-corrected chi connectivity index (χ2v) is 2.57. The topological polar surface area (TPSA) is 107 Å². The molecule has 0 aromatic rings.